The molecule has 2 aromatic rings. The molecule has 0 unspecified atom stereocenters. The smallest absolute Gasteiger partial charge is 0.247 e. The van der Waals surface area contributed by atoms with E-state index < -0.39 is 0 Å². The number of amides is 2. The van der Waals surface area contributed by atoms with Gasteiger partial charge in [-0.1, -0.05) is 30.2 Å². The van der Waals surface area contributed by atoms with Gasteiger partial charge in [0.1, 0.15) is 5.82 Å². The Morgan fingerprint density at radius 3 is 2.38 bits per heavy atom. The van der Waals surface area contributed by atoms with Crippen molar-refractivity contribution in [3.05, 3.63) is 71.6 Å². The van der Waals surface area contributed by atoms with E-state index in [4.69, 9.17) is 6.42 Å². The van der Waals surface area contributed by atoms with Gasteiger partial charge in [0.15, 0.2) is 0 Å². The Kier molecular flexibility index (Phi) is 6.69. The molecule has 0 aliphatic carbocycles. The fourth-order valence-corrected chi connectivity index (χ4v) is 2.29. The maximum Gasteiger partial charge on any atom is 0.247 e. The minimum Gasteiger partial charge on any atom is -0.326 e. The Morgan fingerprint density at radius 2 is 1.81 bits per heavy atom. The number of carbonyl (C=O) groups is 2. The third kappa shape index (κ3) is 5.91. The number of halogens is 1. The summed E-state index contributed by atoms with van der Waals surface area (Å²) in [6.07, 6.45) is 8.46. The monoisotopic (exact) mass is 350 g/mol. The number of anilines is 1. The van der Waals surface area contributed by atoms with Gasteiger partial charge in [0.25, 0.3) is 0 Å². The lowest BCUT2D eigenvalue weighted by atomic mass is 10.1. The standard InChI is InChI=1S/C21H19FN2O2/c1-3-14-24(15-18-4-9-19(22)10-5-18)21(26)13-8-17-6-11-20(12-7-17)23-16(2)25/h1,4-13H,14-15H2,2H3,(H,23,25)/b13-8+. The lowest BCUT2D eigenvalue weighted by Crippen LogP contribution is -2.29. The van der Waals surface area contributed by atoms with E-state index in [1.807, 2.05) is 0 Å². The van der Waals surface area contributed by atoms with Gasteiger partial charge >= 0.3 is 0 Å². The number of terminal acetylenes is 1. The Hall–Kier alpha value is -3.39. The minimum absolute atomic E-state index is 0.144. The molecule has 0 saturated heterocycles. The lowest BCUT2D eigenvalue weighted by molar-refractivity contribution is -0.126. The number of nitrogens with one attached hydrogen (secondary N) is 1. The summed E-state index contributed by atoms with van der Waals surface area (Å²) >= 11 is 0. The van der Waals surface area contributed by atoms with E-state index in [2.05, 4.69) is 11.2 Å². The molecule has 0 fully saturated rings. The molecule has 132 valence electrons. The molecular weight excluding hydrogens is 331 g/mol. The van der Waals surface area contributed by atoms with Crippen molar-refractivity contribution < 1.29 is 14.0 Å². The zero-order chi connectivity index (χ0) is 18.9. The number of benzene rings is 2. The number of hydrogen-bond acceptors (Lipinski definition) is 2. The predicted octanol–water partition coefficient (Wildman–Crippen LogP) is 3.46. The summed E-state index contributed by atoms with van der Waals surface area (Å²) in [4.78, 5) is 24.9. The highest BCUT2D eigenvalue weighted by Crippen LogP contribution is 2.12. The second-order valence-corrected chi connectivity index (χ2v) is 5.66. The molecule has 2 aromatic carbocycles. The molecule has 0 atom stereocenters. The fourth-order valence-electron chi connectivity index (χ4n) is 2.29. The van der Waals surface area contributed by atoms with Crippen molar-refractivity contribution in [3.63, 3.8) is 0 Å². The zero-order valence-corrected chi connectivity index (χ0v) is 14.4. The number of hydrogen-bond donors (Lipinski definition) is 1. The first-order chi connectivity index (χ1) is 12.5. The first-order valence-electron chi connectivity index (χ1n) is 8.00. The van der Waals surface area contributed by atoms with Crippen LogP contribution in [0, 0.1) is 18.2 Å². The SMILES string of the molecule is C#CCN(Cc1ccc(F)cc1)C(=O)/C=C/c1ccc(NC(C)=O)cc1. The van der Waals surface area contributed by atoms with Crippen molar-refractivity contribution in [2.24, 2.45) is 0 Å². The Balaban J connectivity index is 2.04. The molecule has 0 spiro atoms. The van der Waals surface area contributed by atoms with Gasteiger partial charge < -0.3 is 10.2 Å². The largest absolute Gasteiger partial charge is 0.326 e. The third-order valence-electron chi connectivity index (χ3n) is 3.53. The molecule has 0 bridgehead atoms. The lowest BCUT2D eigenvalue weighted by Gasteiger charge is -2.18. The minimum atomic E-state index is -0.328. The molecule has 2 rings (SSSR count). The van der Waals surface area contributed by atoms with Crippen LogP contribution in [0.2, 0.25) is 0 Å². The van der Waals surface area contributed by atoms with E-state index >= 15 is 0 Å². The van der Waals surface area contributed by atoms with E-state index in [1.54, 1.807) is 42.5 Å². The summed E-state index contributed by atoms with van der Waals surface area (Å²) in [5, 5.41) is 2.68. The van der Waals surface area contributed by atoms with Crippen molar-refractivity contribution in [2.45, 2.75) is 13.5 Å². The Morgan fingerprint density at radius 1 is 1.15 bits per heavy atom. The Bertz CT molecular complexity index is 834. The summed E-state index contributed by atoms with van der Waals surface area (Å²) in [5.74, 6) is 1.75. The van der Waals surface area contributed by atoms with Gasteiger partial charge in [0.05, 0.1) is 6.54 Å². The quantitative estimate of drug-likeness (QED) is 0.641. The number of carbonyl (C=O) groups excluding carboxylic acids is 2. The van der Waals surface area contributed by atoms with Crippen LogP contribution in [0.25, 0.3) is 6.08 Å². The van der Waals surface area contributed by atoms with Crippen LogP contribution in [0.3, 0.4) is 0 Å². The molecule has 2 amide bonds. The molecule has 0 heterocycles. The molecule has 0 aliphatic heterocycles. The maximum atomic E-state index is 13.0. The average Bonchev–Trinajstić information content (AvgIpc) is 2.62. The van der Waals surface area contributed by atoms with Crippen molar-refractivity contribution in [1.29, 1.82) is 0 Å². The predicted molar refractivity (Wildman–Crippen MR) is 100 cm³/mol. The van der Waals surface area contributed by atoms with Gasteiger partial charge in [-0.15, -0.1) is 6.42 Å². The molecule has 0 saturated carbocycles. The van der Waals surface area contributed by atoms with Crippen LogP contribution in [-0.4, -0.2) is 23.3 Å². The van der Waals surface area contributed by atoms with Gasteiger partial charge in [-0.05, 0) is 41.5 Å². The first kappa shape index (κ1) is 18.9. The van der Waals surface area contributed by atoms with Crippen molar-refractivity contribution in [1.82, 2.24) is 4.90 Å². The highest BCUT2D eigenvalue weighted by Gasteiger charge is 2.10. The molecule has 0 aliphatic rings. The van der Waals surface area contributed by atoms with Crippen LogP contribution in [0.4, 0.5) is 10.1 Å². The summed E-state index contributed by atoms with van der Waals surface area (Å²) in [5.41, 5.74) is 2.30. The fraction of sp³-hybridized carbons (Fsp3) is 0.143. The average molecular weight is 350 g/mol. The molecular formula is C21H19FN2O2. The van der Waals surface area contributed by atoms with Gasteiger partial charge in [0.2, 0.25) is 11.8 Å². The third-order valence-corrected chi connectivity index (χ3v) is 3.53. The summed E-state index contributed by atoms with van der Waals surface area (Å²) in [6.45, 7) is 1.89. The topological polar surface area (TPSA) is 49.4 Å². The highest BCUT2D eigenvalue weighted by atomic mass is 19.1. The van der Waals surface area contributed by atoms with E-state index in [9.17, 15) is 14.0 Å². The second kappa shape index (κ2) is 9.19. The number of nitrogens with zero attached hydrogens (tertiary/aromatic N) is 1. The molecule has 5 heteroatoms. The van der Waals surface area contributed by atoms with Crippen LogP contribution < -0.4 is 5.32 Å². The van der Waals surface area contributed by atoms with Crippen LogP contribution in [0.15, 0.2) is 54.6 Å². The first-order valence-corrected chi connectivity index (χ1v) is 8.00. The molecule has 4 nitrogen and oxygen atoms in total. The summed E-state index contributed by atoms with van der Waals surface area (Å²) < 4.78 is 13.0. The van der Waals surface area contributed by atoms with Crippen LogP contribution in [0.5, 0.6) is 0 Å². The van der Waals surface area contributed by atoms with Crippen molar-refractivity contribution in [2.75, 3.05) is 11.9 Å². The van der Waals surface area contributed by atoms with E-state index in [0.29, 0.717) is 12.2 Å². The summed E-state index contributed by atoms with van der Waals surface area (Å²) in [7, 11) is 0. The van der Waals surface area contributed by atoms with Crippen molar-refractivity contribution in [3.8, 4) is 12.3 Å². The highest BCUT2D eigenvalue weighted by molar-refractivity contribution is 5.92. The zero-order valence-electron chi connectivity index (χ0n) is 14.4. The number of rotatable bonds is 6. The van der Waals surface area contributed by atoms with Crippen LogP contribution in [0.1, 0.15) is 18.1 Å². The second-order valence-electron chi connectivity index (χ2n) is 5.66. The van der Waals surface area contributed by atoms with E-state index in [0.717, 1.165) is 11.1 Å². The normalized spacial score (nSPS) is 10.3. The maximum absolute atomic E-state index is 13.0. The van der Waals surface area contributed by atoms with Crippen LogP contribution in [-0.2, 0) is 16.1 Å². The van der Waals surface area contributed by atoms with E-state index in [1.165, 1.54) is 30.0 Å². The molecule has 1 N–H and O–H groups in total. The van der Waals surface area contributed by atoms with Gasteiger partial charge in [0, 0.05) is 25.2 Å². The van der Waals surface area contributed by atoms with Crippen molar-refractivity contribution >= 4 is 23.6 Å². The Labute approximate surface area is 152 Å². The van der Waals surface area contributed by atoms with Crippen LogP contribution >= 0.6 is 0 Å². The van der Waals surface area contributed by atoms with Gasteiger partial charge in [-0.2, -0.15) is 0 Å². The molecule has 26 heavy (non-hydrogen) atoms. The molecule has 0 aromatic heterocycles. The van der Waals surface area contributed by atoms with Gasteiger partial charge in [-0.25, -0.2) is 4.39 Å². The van der Waals surface area contributed by atoms with E-state index in [-0.39, 0.29) is 24.2 Å². The van der Waals surface area contributed by atoms with Gasteiger partial charge in [-0.3, -0.25) is 9.59 Å². The molecule has 0 radical (unpaired) electrons. The summed E-state index contributed by atoms with van der Waals surface area (Å²) in [6, 6.07) is 13.0.